The standard InChI is InChI=1S/C20H19N5O3S/c1-13-6-5-9-16(25(27)28)18(13)21-17(26)12-29-20-22-19(14-10-11-14)24(23-20)15-7-3-2-4-8-15/h2-9,14H,10-12H2,1H3,(H,21,26). The van der Waals surface area contributed by atoms with E-state index in [4.69, 9.17) is 0 Å². The van der Waals surface area contributed by atoms with Crippen molar-refractivity contribution in [3.8, 4) is 5.69 Å². The maximum absolute atomic E-state index is 12.4. The van der Waals surface area contributed by atoms with Crippen molar-refractivity contribution in [1.82, 2.24) is 14.8 Å². The van der Waals surface area contributed by atoms with Crippen molar-refractivity contribution in [2.75, 3.05) is 11.1 Å². The van der Waals surface area contributed by atoms with Gasteiger partial charge in [0.1, 0.15) is 11.5 Å². The van der Waals surface area contributed by atoms with Gasteiger partial charge in [-0.2, -0.15) is 0 Å². The van der Waals surface area contributed by atoms with Crippen LogP contribution in [0.15, 0.2) is 53.7 Å². The molecule has 1 N–H and O–H groups in total. The van der Waals surface area contributed by atoms with Crippen LogP contribution in [0.4, 0.5) is 11.4 Å². The first-order valence-electron chi connectivity index (χ1n) is 9.22. The molecule has 1 amide bonds. The molecule has 0 atom stereocenters. The number of carbonyl (C=O) groups excluding carboxylic acids is 1. The van der Waals surface area contributed by atoms with Gasteiger partial charge in [-0.15, -0.1) is 5.10 Å². The van der Waals surface area contributed by atoms with Crippen LogP contribution < -0.4 is 5.32 Å². The number of benzene rings is 2. The number of thioether (sulfide) groups is 1. The number of hydrogen-bond donors (Lipinski definition) is 1. The van der Waals surface area contributed by atoms with Crippen LogP contribution in [0, 0.1) is 17.0 Å². The number of amides is 1. The fourth-order valence-corrected chi connectivity index (χ4v) is 3.63. The molecule has 29 heavy (non-hydrogen) atoms. The molecule has 3 aromatic rings. The van der Waals surface area contributed by atoms with E-state index in [9.17, 15) is 14.9 Å². The van der Waals surface area contributed by atoms with E-state index in [0.717, 1.165) is 24.4 Å². The zero-order chi connectivity index (χ0) is 20.4. The number of nitro groups is 1. The number of aryl methyl sites for hydroxylation is 1. The summed E-state index contributed by atoms with van der Waals surface area (Å²) in [7, 11) is 0. The summed E-state index contributed by atoms with van der Waals surface area (Å²) in [5, 5.41) is 18.9. The molecule has 0 bridgehead atoms. The van der Waals surface area contributed by atoms with E-state index in [1.165, 1.54) is 17.8 Å². The Labute approximate surface area is 171 Å². The third-order valence-electron chi connectivity index (χ3n) is 4.60. The Hall–Kier alpha value is -3.20. The van der Waals surface area contributed by atoms with Crippen molar-refractivity contribution >= 4 is 29.0 Å². The average molecular weight is 409 g/mol. The van der Waals surface area contributed by atoms with Gasteiger partial charge in [0.15, 0.2) is 0 Å². The Kier molecular flexibility index (Phi) is 5.30. The highest BCUT2D eigenvalue weighted by Crippen LogP contribution is 2.40. The van der Waals surface area contributed by atoms with E-state index >= 15 is 0 Å². The monoisotopic (exact) mass is 409 g/mol. The lowest BCUT2D eigenvalue weighted by atomic mass is 10.1. The second-order valence-electron chi connectivity index (χ2n) is 6.84. The zero-order valence-corrected chi connectivity index (χ0v) is 16.6. The molecular weight excluding hydrogens is 390 g/mol. The van der Waals surface area contributed by atoms with Crippen molar-refractivity contribution in [1.29, 1.82) is 0 Å². The number of nitro benzene ring substituents is 1. The molecule has 1 aliphatic rings. The molecule has 0 unspecified atom stereocenters. The van der Waals surface area contributed by atoms with Crippen LogP contribution in [0.3, 0.4) is 0 Å². The van der Waals surface area contributed by atoms with Gasteiger partial charge in [-0.25, -0.2) is 9.67 Å². The molecule has 148 valence electrons. The van der Waals surface area contributed by atoms with Crippen molar-refractivity contribution in [3.63, 3.8) is 0 Å². The quantitative estimate of drug-likeness (QED) is 0.358. The lowest BCUT2D eigenvalue weighted by molar-refractivity contribution is -0.384. The average Bonchev–Trinajstić information content (AvgIpc) is 3.47. The summed E-state index contributed by atoms with van der Waals surface area (Å²) in [4.78, 5) is 27.7. The number of nitrogens with zero attached hydrogens (tertiary/aromatic N) is 4. The molecule has 1 saturated carbocycles. The van der Waals surface area contributed by atoms with Gasteiger partial charge in [0, 0.05) is 12.0 Å². The molecule has 4 rings (SSSR count). The van der Waals surface area contributed by atoms with Crippen molar-refractivity contribution in [2.45, 2.75) is 30.8 Å². The molecule has 0 spiro atoms. The minimum Gasteiger partial charge on any atom is -0.319 e. The second kappa shape index (κ2) is 8.04. The highest BCUT2D eigenvalue weighted by Gasteiger charge is 2.30. The summed E-state index contributed by atoms with van der Waals surface area (Å²) in [6.07, 6.45) is 2.18. The molecule has 0 radical (unpaired) electrons. The van der Waals surface area contributed by atoms with Crippen LogP contribution >= 0.6 is 11.8 Å². The van der Waals surface area contributed by atoms with E-state index in [2.05, 4.69) is 15.4 Å². The topological polar surface area (TPSA) is 103 Å². The molecule has 2 aromatic carbocycles. The Balaban J connectivity index is 1.47. The minimum absolute atomic E-state index is 0.0639. The van der Waals surface area contributed by atoms with E-state index in [0.29, 0.717) is 16.6 Å². The van der Waals surface area contributed by atoms with E-state index in [1.807, 2.05) is 35.0 Å². The molecule has 1 aliphatic carbocycles. The Morgan fingerprint density at radius 1 is 1.24 bits per heavy atom. The molecule has 8 nitrogen and oxygen atoms in total. The van der Waals surface area contributed by atoms with E-state index < -0.39 is 4.92 Å². The number of nitrogens with one attached hydrogen (secondary N) is 1. The first-order valence-corrected chi connectivity index (χ1v) is 10.2. The molecular formula is C20H19N5O3S. The fourth-order valence-electron chi connectivity index (χ4n) is 3.00. The Bertz CT molecular complexity index is 1060. The van der Waals surface area contributed by atoms with Crippen LogP contribution in [0.1, 0.15) is 30.1 Å². The predicted molar refractivity (Wildman–Crippen MR) is 111 cm³/mol. The van der Waals surface area contributed by atoms with Crippen LogP contribution in [-0.4, -0.2) is 31.3 Å². The summed E-state index contributed by atoms with van der Waals surface area (Å²) in [5.74, 6) is 1.04. The van der Waals surface area contributed by atoms with Crippen molar-refractivity contribution < 1.29 is 9.72 Å². The summed E-state index contributed by atoms with van der Waals surface area (Å²) in [6, 6.07) is 14.5. The number of anilines is 1. The first kappa shape index (κ1) is 19.1. The van der Waals surface area contributed by atoms with E-state index in [-0.39, 0.29) is 23.0 Å². The zero-order valence-electron chi connectivity index (χ0n) is 15.7. The van der Waals surface area contributed by atoms with Gasteiger partial charge in [-0.05, 0) is 37.5 Å². The van der Waals surface area contributed by atoms with Crippen molar-refractivity contribution in [2.24, 2.45) is 0 Å². The largest absolute Gasteiger partial charge is 0.319 e. The highest BCUT2D eigenvalue weighted by atomic mass is 32.2. The summed E-state index contributed by atoms with van der Waals surface area (Å²) in [6.45, 7) is 1.72. The third-order valence-corrected chi connectivity index (χ3v) is 5.44. The lowest BCUT2D eigenvalue weighted by Crippen LogP contribution is -2.16. The number of para-hydroxylation sites is 2. The minimum atomic E-state index is -0.499. The Morgan fingerprint density at radius 3 is 2.69 bits per heavy atom. The molecule has 9 heteroatoms. The van der Waals surface area contributed by atoms with Gasteiger partial charge >= 0.3 is 0 Å². The number of hydrogen-bond acceptors (Lipinski definition) is 6. The SMILES string of the molecule is Cc1cccc([N+](=O)[O-])c1NC(=O)CSc1nc(C2CC2)n(-c2ccccc2)n1. The Morgan fingerprint density at radius 2 is 2.00 bits per heavy atom. The van der Waals surface area contributed by atoms with Crippen LogP contribution in [0.2, 0.25) is 0 Å². The molecule has 0 aliphatic heterocycles. The summed E-state index contributed by atoms with van der Waals surface area (Å²) >= 11 is 1.22. The predicted octanol–water partition coefficient (Wildman–Crippen LogP) is 4.09. The fraction of sp³-hybridized carbons (Fsp3) is 0.250. The van der Waals surface area contributed by atoms with Gasteiger partial charge < -0.3 is 5.32 Å². The van der Waals surface area contributed by atoms with Gasteiger partial charge in [0.25, 0.3) is 5.69 Å². The van der Waals surface area contributed by atoms with Gasteiger partial charge in [0.2, 0.25) is 11.1 Å². The first-order chi connectivity index (χ1) is 14.0. The maximum atomic E-state index is 12.4. The number of aromatic nitrogens is 3. The number of carbonyl (C=O) groups is 1. The molecule has 1 heterocycles. The summed E-state index contributed by atoms with van der Waals surface area (Å²) < 4.78 is 1.84. The van der Waals surface area contributed by atoms with Gasteiger partial charge in [-0.3, -0.25) is 14.9 Å². The molecule has 0 saturated heterocycles. The van der Waals surface area contributed by atoms with E-state index in [1.54, 1.807) is 19.1 Å². The van der Waals surface area contributed by atoms with Gasteiger partial charge in [0.05, 0.1) is 16.4 Å². The van der Waals surface area contributed by atoms with Gasteiger partial charge in [-0.1, -0.05) is 42.1 Å². The normalized spacial score (nSPS) is 13.3. The van der Waals surface area contributed by atoms with Crippen molar-refractivity contribution in [3.05, 3.63) is 70.0 Å². The second-order valence-corrected chi connectivity index (χ2v) is 7.78. The van der Waals surface area contributed by atoms with Crippen LogP contribution in [-0.2, 0) is 4.79 Å². The highest BCUT2D eigenvalue weighted by molar-refractivity contribution is 7.99. The molecule has 1 fully saturated rings. The smallest absolute Gasteiger partial charge is 0.293 e. The third kappa shape index (κ3) is 4.29. The van der Waals surface area contributed by atoms with Crippen LogP contribution in [0.25, 0.3) is 5.69 Å². The summed E-state index contributed by atoms with van der Waals surface area (Å²) in [5.41, 5.74) is 1.68. The molecule has 1 aromatic heterocycles. The maximum Gasteiger partial charge on any atom is 0.293 e. The lowest BCUT2D eigenvalue weighted by Gasteiger charge is -2.08. The van der Waals surface area contributed by atoms with Crippen LogP contribution in [0.5, 0.6) is 0 Å². The number of rotatable bonds is 7.